The SMILES string of the molecule is COc1ccc(C2=NO[C@H](CN(Cc3cccc(C(F)(F)F)c3)C(=O)C3CCCC3)C2)cc1. The number of hydrogen-bond donors (Lipinski definition) is 0. The summed E-state index contributed by atoms with van der Waals surface area (Å²) in [7, 11) is 1.60. The van der Waals surface area contributed by atoms with E-state index in [1.54, 1.807) is 18.1 Å². The lowest BCUT2D eigenvalue weighted by atomic mass is 10.0. The third-order valence-corrected chi connectivity index (χ3v) is 6.22. The van der Waals surface area contributed by atoms with Crippen LogP contribution in [-0.4, -0.2) is 36.3 Å². The number of carbonyl (C=O) groups is 1. The quantitative estimate of drug-likeness (QED) is 0.554. The van der Waals surface area contributed by atoms with Crippen molar-refractivity contribution in [3.8, 4) is 5.75 Å². The van der Waals surface area contributed by atoms with Crippen LogP contribution in [0.1, 0.15) is 48.8 Å². The van der Waals surface area contributed by atoms with Gasteiger partial charge in [0.05, 0.1) is 24.9 Å². The van der Waals surface area contributed by atoms with E-state index in [0.29, 0.717) is 12.0 Å². The smallest absolute Gasteiger partial charge is 0.416 e. The number of benzene rings is 2. The molecule has 1 aliphatic carbocycles. The number of halogens is 3. The van der Waals surface area contributed by atoms with Crippen LogP contribution in [0.3, 0.4) is 0 Å². The van der Waals surface area contributed by atoms with Crippen LogP contribution in [-0.2, 0) is 22.4 Å². The highest BCUT2D eigenvalue weighted by molar-refractivity contribution is 6.01. The number of amides is 1. The molecule has 0 aromatic heterocycles. The second kappa shape index (κ2) is 9.85. The molecule has 1 amide bonds. The van der Waals surface area contributed by atoms with Gasteiger partial charge < -0.3 is 14.5 Å². The molecule has 1 atom stereocenters. The first-order valence-corrected chi connectivity index (χ1v) is 11.2. The Kier molecular flexibility index (Phi) is 6.91. The number of nitrogens with zero attached hydrogens (tertiary/aromatic N) is 2. The number of oxime groups is 1. The summed E-state index contributed by atoms with van der Waals surface area (Å²) in [6.45, 7) is 0.381. The van der Waals surface area contributed by atoms with Crippen LogP contribution in [0.15, 0.2) is 53.7 Å². The van der Waals surface area contributed by atoms with Crippen LogP contribution in [0, 0.1) is 5.92 Å². The summed E-state index contributed by atoms with van der Waals surface area (Å²) >= 11 is 0. The van der Waals surface area contributed by atoms with Crippen molar-refractivity contribution < 1.29 is 27.5 Å². The fourth-order valence-electron chi connectivity index (χ4n) is 4.46. The molecule has 2 aromatic carbocycles. The molecule has 1 heterocycles. The highest BCUT2D eigenvalue weighted by Gasteiger charge is 2.33. The Morgan fingerprint density at radius 2 is 1.88 bits per heavy atom. The molecule has 0 radical (unpaired) electrons. The molecular formula is C25H27F3N2O3. The number of carbonyl (C=O) groups excluding carboxylic acids is 1. The fourth-order valence-corrected chi connectivity index (χ4v) is 4.46. The molecule has 0 N–H and O–H groups in total. The van der Waals surface area contributed by atoms with Crippen LogP contribution in [0.25, 0.3) is 0 Å². The van der Waals surface area contributed by atoms with Crippen LogP contribution in [0.5, 0.6) is 5.75 Å². The minimum atomic E-state index is -4.42. The number of ether oxygens (including phenoxy) is 1. The van der Waals surface area contributed by atoms with Crippen molar-refractivity contribution in [1.82, 2.24) is 4.90 Å². The van der Waals surface area contributed by atoms with Gasteiger partial charge in [0.25, 0.3) is 0 Å². The lowest BCUT2D eigenvalue weighted by Crippen LogP contribution is -2.40. The first kappa shape index (κ1) is 23.1. The Balaban J connectivity index is 1.47. The maximum atomic E-state index is 13.2. The van der Waals surface area contributed by atoms with E-state index in [9.17, 15) is 18.0 Å². The highest BCUT2D eigenvalue weighted by atomic mass is 19.4. The average molecular weight is 460 g/mol. The van der Waals surface area contributed by atoms with Gasteiger partial charge in [0.2, 0.25) is 5.91 Å². The Morgan fingerprint density at radius 3 is 2.55 bits per heavy atom. The molecule has 1 saturated carbocycles. The van der Waals surface area contributed by atoms with Gasteiger partial charge in [-0.25, -0.2) is 0 Å². The molecule has 0 bridgehead atoms. The van der Waals surface area contributed by atoms with Crippen molar-refractivity contribution in [2.24, 2.45) is 11.1 Å². The van der Waals surface area contributed by atoms with Crippen LogP contribution < -0.4 is 4.74 Å². The first-order chi connectivity index (χ1) is 15.8. The van der Waals surface area contributed by atoms with E-state index in [1.165, 1.54) is 6.07 Å². The van der Waals surface area contributed by atoms with E-state index in [4.69, 9.17) is 9.57 Å². The van der Waals surface area contributed by atoms with Crippen molar-refractivity contribution in [3.05, 3.63) is 65.2 Å². The Morgan fingerprint density at radius 1 is 1.15 bits per heavy atom. The molecule has 0 unspecified atom stereocenters. The number of alkyl halides is 3. The Labute approximate surface area is 191 Å². The zero-order valence-corrected chi connectivity index (χ0v) is 18.5. The first-order valence-electron chi connectivity index (χ1n) is 11.2. The van der Waals surface area contributed by atoms with Gasteiger partial charge in [-0.2, -0.15) is 13.2 Å². The molecule has 5 nitrogen and oxygen atoms in total. The second-order valence-corrected chi connectivity index (χ2v) is 8.60. The summed E-state index contributed by atoms with van der Waals surface area (Å²) < 4.78 is 44.7. The maximum absolute atomic E-state index is 13.2. The van der Waals surface area contributed by atoms with E-state index in [2.05, 4.69) is 5.16 Å². The van der Waals surface area contributed by atoms with E-state index in [-0.39, 0.29) is 31.0 Å². The third-order valence-electron chi connectivity index (χ3n) is 6.22. The van der Waals surface area contributed by atoms with Gasteiger partial charge in [-0.05, 0) is 60.4 Å². The van der Waals surface area contributed by atoms with Crippen LogP contribution >= 0.6 is 0 Å². The maximum Gasteiger partial charge on any atom is 0.416 e. The Bertz CT molecular complexity index is 999. The summed E-state index contributed by atoms with van der Waals surface area (Å²) in [5.74, 6) is 0.634. The molecule has 4 rings (SSSR count). The average Bonchev–Trinajstić information content (AvgIpc) is 3.50. The second-order valence-electron chi connectivity index (χ2n) is 8.60. The normalized spacial score (nSPS) is 18.7. The van der Waals surface area contributed by atoms with Crippen molar-refractivity contribution >= 4 is 11.6 Å². The summed E-state index contributed by atoms with van der Waals surface area (Å²) in [5, 5.41) is 4.20. The molecule has 1 fully saturated rings. The summed E-state index contributed by atoms with van der Waals surface area (Å²) in [6, 6.07) is 12.6. The third kappa shape index (κ3) is 5.67. The lowest BCUT2D eigenvalue weighted by Gasteiger charge is -2.28. The lowest BCUT2D eigenvalue weighted by molar-refractivity contribution is -0.137. The van der Waals surface area contributed by atoms with Gasteiger partial charge in [0.1, 0.15) is 5.75 Å². The van der Waals surface area contributed by atoms with E-state index >= 15 is 0 Å². The van der Waals surface area contributed by atoms with E-state index < -0.39 is 11.7 Å². The predicted octanol–water partition coefficient (Wildman–Crippen LogP) is 5.43. The minimum absolute atomic E-state index is 0.0218. The van der Waals surface area contributed by atoms with Crippen LogP contribution in [0.2, 0.25) is 0 Å². The molecule has 33 heavy (non-hydrogen) atoms. The van der Waals surface area contributed by atoms with Gasteiger partial charge in [-0.1, -0.05) is 30.1 Å². The van der Waals surface area contributed by atoms with Crippen LogP contribution in [0.4, 0.5) is 13.2 Å². The van der Waals surface area contributed by atoms with Crippen molar-refractivity contribution in [3.63, 3.8) is 0 Å². The number of hydrogen-bond acceptors (Lipinski definition) is 4. The molecule has 0 spiro atoms. The van der Waals surface area contributed by atoms with Crippen molar-refractivity contribution in [2.75, 3.05) is 13.7 Å². The largest absolute Gasteiger partial charge is 0.497 e. The van der Waals surface area contributed by atoms with E-state index in [1.807, 2.05) is 24.3 Å². The molecular weight excluding hydrogens is 433 g/mol. The summed E-state index contributed by atoms with van der Waals surface area (Å²) in [4.78, 5) is 20.5. The number of methoxy groups -OCH3 is 1. The van der Waals surface area contributed by atoms with Gasteiger partial charge in [-0.15, -0.1) is 0 Å². The monoisotopic (exact) mass is 460 g/mol. The van der Waals surface area contributed by atoms with Gasteiger partial charge in [0, 0.05) is 18.9 Å². The summed E-state index contributed by atoms with van der Waals surface area (Å²) in [6.07, 6.45) is -0.626. The molecule has 1 aliphatic heterocycles. The predicted molar refractivity (Wildman–Crippen MR) is 118 cm³/mol. The zero-order chi connectivity index (χ0) is 23.4. The van der Waals surface area contributed by atoms with E-state index in [0.717, 1.165) is 54.8 Å². The minimum Gasteiger partial charge on any atom is -0.497 e. The molecule has 2 aromatic rings. The van der Waals surface area contributed by atoms with Crippen molar-refractivity contribution in [1.29, 1.82) is 0 Å². The molecule has 0 saturated heterocycles. The van der Waals surface area contributed by atoms with Gasteiger partial charge >= 0.3 is 6.18 Å². The van der Waals surface area contributed by atoms with Gasteiger partial charge in [0.15, 0.2) is 6.10 Å². The number of rotatable bonds is 7. The zero-order valence-electron chi connectivity index (χ0n) is 18.5. The topological polar surface area (TPSA) is 51.1 Å². The van der Waals surface area contributed by atoms with Crippen molar-refractivity contribution in [2.45, 2.75) is 50.9 Å². The summed E-state index contributed by atoms with van der Waals surface area (Å²) in [5.41, 5.74) is 1.42. The standard InChI is InChI=1S/C25H27F3N2O3/c1-32-21-11-9-18(10-12-21)23-14-22(33-29-23)16-30(24(31)19-6-2-3-7-19)15-17-5-4-8-20(13-17)25(26,27)28/h4-5,8-13,19,22H,2-3,6-7,14-16H2,1H3/t22-/m0/s1. The molecule has 176 valence electrons. The van der Waals surface area contributed by atoms with Gasteiger partial charge in [-0.3, -0.25) is 4.79 Å². The highest BCUT2D eigenvalue weighted by Crippen LogP contribution is 2.31. The Hall–Kier alpha value is -3.03. The molecule has 8 heteroatoms. The fraction of sp³-hybridized carbons (Fsp3) is 0.440. The molecule has 2 aliphatic rings.